The number of rotatable bonds is 2. The van der Waals surface area contributed by atoms with Crippen LogP contribution in [0, 0.1) is 34.5 Å². The molecule has 0 bridgehead atoms. The molecule has 4 saturated carbocycles. The van der Waals surface area contributed by atoms with Gasteiger partial charge in [-0.3, -0.25) is 0 Å². The average Bonchev–Trinajstić information content (AvgIpc) is 2.90. The molecule has 0 aromatic rings. The highest BCUT2D eigenvalue weighted by atomic mass is 16.5. The van der Waals surface area contributed by atoms with E-state index in [2.05, 4.69) is 20.8 Å². The summed E-state index contributed by atoms with van der Waals surface area (Å²) in [5, 5.41) is 10.7. The highest BCUT2D eigenvalue weighted by Crippen LogP contribution is 2.68. The van der Waals surface area contributed by atoms with Gasteiger partial charge in [0.15, 0.2) is 0 Å². The number of fused-ring (bicyclic) bond motifs is 5. The minimum Gasteiger partial charge on any atom is -0.390 e. The fourth-order valence-corrected chi connectivity index (χ4v) is 8.28. The van der Waals surface area contributed by atoms with E-state index >= 15 is 0 Å². The second-order valence-corrected chi connectivity index (χ2v) is 10.3. The number of ether oxygens (including phenoxy) is 1. The third kappa shape index (κ3) is 2.28. The van der Waals surface area contributed by atoms with Gasteiger partial charge in [0.25, 0.3) is 0 Å². The first-order valence-electron chi connectivity index (χ1n) is 10.6. The maximum Gasteiger partial charge on any atom is 0.0627 e. The zero-order valence-corrected chi connectivity index (χ0v) is 16.3. The summed E-state index contributed by atoms with van der Waals surface area (Å²) in [6, 6.07) is 0. The highest BCUT2D eigenvalue weighted by molar-refractivity contribution is 5.11. The summed E-state index contributed by atoms with van der Waals surface area (Å²) in [5.74, 6) is 3.47. The summed E-state index contributed by atoms with van der Waals surface area (Å²) in [7, 11) is 1.93. The van der Waals surface area contributed by atoms with Gasteiger partial charge in [0.1, 0.15) is 0 Å². The van der Waals surface area contributed by atoms with E-state index in [4.69, 9.17) is 4.74 Å². The summed E-state index contributed by atoms with van der Waals surface area (Å²) in [6.07, 6.45) is 13.3. The van der Waals surface area contributed by atoms with Crippen LogP contribution in [0.3, 0.4) is 0 Å². The lowest BCUT2D eigenvalue weighted by Crippen LogP contribution is -2.56. The number of hydrogen-bond donors (Lipinski definition) is 1. The SMILES string of the molecule is CC[C@]12CC[C@@](C)(O)C[C@H]1CC[C@H]1[C@@H]3CC[C@H](OC)[C@@]3(C)CC[C@@H]12. The summed E-state index contributed by atoms with van der Waals surface area (Å²) in [5.41, 5.74) is 0.545. The lowest BCUT2D eigenvalue weighted by Gasteiger charge is -2.62. The first kappa shape index (κ1) is 17.3. The van der Waals surface area contributed by atoms with Gasteiger partial charge in [-0.15, -0.1) is 0 Å². The number of methoxy groups -OCH3 is 1. The molecule has 0 radical (unpaired) electrons. The number of aliphatic hydroxyl groups is 1. The molecular weight excluding hydrogens is 296 g/mol. The lowest BCUT2D eigenvalue weighted by atomic mass is 9.43. The van der Waals surface area contributed by atoms with Crippen LogP contribution in [0.5, 0.6) is 0 Å². The van der Waals surface area contributed by atoms with Gasteiger partial charge in [0.2, 0.25) is 0 Å². The van der Waals surface area contributed by atoms with Crippen molar-refractivity contribution in [3.63, 3.8) is 0 Å². The molecule has 2 nitrogen and oxygen atoms in total. The van der Waals surface area contributed by atoms with E-state index in [1.165, 1.54) is 51.4 Å². The largest absolute Gasteiger partial charge is 0.390 e. The standard InChI is InChI=1S/C22H38O2/c1-5-22-13-12-20(2,23)14-15(22)6-7-16-17-8-9-19(24-4)21(17,3)11-10-18(16)22/h15-19,23H,5-14H2,1-4H3/t15-,16+,17+,18+,19+,20-,21+,22+/m1/s1. The van der Waals surface area contributed by atoms with Crippen LogP contribution in [0.25, 0.3) is 0 Å². The molecule has 2 heteroatoms. The third-order valence-corrected chi connectivity index (χ3v) is 9.51. The maximum atomic E-state index is 10.7. The molecule has 4 fully saturated rings. The molecule has 0 unspecified atom stereocenters. The van der Waals surface area contributed by atoms with Crippen LogP contribution in [0.1, 0.15) is 85.0 Å². The average molecular weight is 335 g/mol. The van der Waals surface area contributed by atoms with E-state index in [0.717, 1.165) is 36.5 Å². The molecule has 0 aromatic carbocycles. The Hall–Kier alpha value is -0.0800. The van der Waals surface area contributed by atoms with Gasteiger partial charge in [-0.1, -0.05) is 13.8 Å². The fourth-order valence-electron chi connectivity index (χ4n) is 8.28. The molecule has 138 valence electrons. The van der Waals surface area contributed by atoms with Gasteiger partial charge in [-0.2, -0.15) is 0 Å². The molecule has 0 aliphatic heterocycles. The summed E-state index contributed by atoms with van der Waals surface area (Å²) in [6.45, 7) is 7.05. The molecule has 4 rings (SSSR count). The van der Waals surface area contributed by atoms with Crippen molar-refractivity contribution in [2.75, 3.05) is 7.11 Å². The van der Waals surface area contributed by atoms with Gasteiger partial charge in [0, 0.05) is 7.11 Å². The molecule has 0 aromatic heterocycles. The fraction of sp³-hybridized carbons (Fsp3) is 1.00. The van der Waals surface area contributed by atoms with Crippen LogP contribution in [0.2, 0.25) is 0 Å². The van der Waals surface area contributed by atoms with Gasteiger partial charge in [0.05, 0.1) is 11.7 Å². The van der Waals surface area contributed by atoms with Gasteiger partial charge in [-0.05, 0) is 106 Å². The molecule has 0 amide bonds. The molecule has 1 N–H and O–H groups in total. The Morgan fingerprint density at radius 2 is 1.75 bits per heavy atom. The van der Waals surface area contributed by atoms with E-state index in [-0.39, 0.29) is 0 Å². The van der Waals surface area contributed by atoms with Crippen molar-refractivity contribution < 1.29 is 9.84 Å². The maximum absolute atomic E-state index is 10.7. The molecule has 8 atom stereocenters. The van der Waals surface area contributed by atoms with E-state index < -0.39 is 5.60 Å². The Kier molecular flexibility index (Phi) is 4.12. The van der Waals surface area contributed by atoms with Crippen LogP contribution >= 0.6 is 0 Å². The van der Waals surface area contributed by atoms with Crippen molar-refractivity contribution in [1.29, 1.82) is 0 Å². The van der Waals surface area contributed by atoms with Crippen molar-refractivity contribution >= 4 is 0 Å². The van der Waals surface area contributed by atoms with E-state index in [9.17, 15) is 5.11 Å². The summed E-state index contributed by atoms with van der Waals surface area (Å²) < 4.78 is 5.92. The van der Waals surface area contributed by atoms with Crippen molar-refractivity contribution in [1.82, 2.24) is 0 Å². The minimum absolute atomic E-state index is 0.409. The number of hydrogen-bond acceptors (Lipinski definition) is 2. The molecule has 0 spiro atoms. The van der Waals surface area contributed by atoms with Crippen LogP contribution in [0.4, 0.5) is 0 Å². The van der Waals surface area contributed by atoms with Gasteiger partial charge in [-0.25, -0.2) is 0 Å². The quantitative estimate of drug-likeness (QED) is 0.753. The zero-order valence-electron chi connectivity index (χ0n) is 16.3. The van der Waals surface area contributed by atoms with E-state index in [1.807, 2.05) is 7.11 Å². The smallest absolute Gasteiger partial charge is 0.0627 e. The highest BCUT2D eigenvalue weighted by Gasteiger charge is 2.61. The normalized spacial score (nSPS) is 57.1. The monoisotopic (exact) mass is 334 g/mol. The second kappa shape index (κ2) is 5.71. The van der Waals surface area contributed by atoms with Crippen LogP contribution < -0.4 is 0 Å². The molecular formula is C22H38O2. The summed E-state index contributed by atoms with van der Waals surface area (Å²) in [4.78, 5) is 0. The van der Waals surface area contributed by atoms with Crippen LogP contribution in [-0.2, 0) is 4.74 Å². The summed E-state index contributed by atoms with van der Waals surface area (Å²) >= 11 is 0. The van der Waals surface area contributed by atoms with E-state index in [1.54, 1.807) is 0 Å². The van der Waals surface area contributed by atoms with Gasteiger partial charge < -0.3 is 9.84 Å². The molecule has 24 heavy (non-hydrogen) atoms. The predicted molar refractivity (Wildman–Crippen MR) is 97.8 cm³/mol. The molecule has 4 aliphatic rings. The van der Waals surface area contributed by atoms with Crippen LogP contribution in [-0.4, -0.2) is 23.9 Å². The first-order valence-corrected chi connectivity index (χ1v) is 10.6. The zero-order chi connectivity index (χ0) is 17.2. The van der Waals surface area contributed by atoms with Crippen molar-refractivity contribution in [3.8, 4) is 0 Å². The second-order valence-electron chi connectivity index (χ2n) is 10.3. The van der Waals surface area contributed by atoms with Crippen LogP contribution in [0.15, 0.2) is 0 Å². The van der Waals surface area contributed by atoms with Crippen molar-refractivity contribution in [2.45, 2.75) is 96.7 Å². The molecule has 4 aliphatic carbocycles. The van der Waals surface area contributed by atoms with Gasteiger partial charge >= 0.3 is 0 Å². The van der Waals surface area contributed by atoms with Crippen molar-refractivity contribution in [3.05, 3.63) is 0 Å². The Morgan fingerprint density at radius 1 is 0.958 bits per heavy atom. The minimum atomic E-state index is -0.409. The Balaban J connectivity index is 1.63. The topological polar surface area (TPSA) is 29.5 Å². The van der Waals surface area contributed by atoms with E-state index in [0.29, 0.717) is 16.9 Å². The van der Waals surface area contributed by atoms with Crippen molar-refractivity contribution in [2.24, 2.45) is 34.5 Å². The Labute approximate surface area is 148 Å². The third-order valence-electron chi connectivity index (χ3n) is 9.51. The molecule has 0 heterocycles. The molecule has 0 saturated heterocycles. The predicted octanol–water partition coefficient (Wildman–Crippen LogP) is 5.19. The Bertz CT molecular complexity index is 486. The first-order chi connectivity index (χ1) is 11.4. The Morgan fingerprint density at radius 3 is 2.46 bits per heavy atom. The lowest BCUT2D eigenvalue weighted by molar-refractivity contribution is -0.161.